The van der Waals surface area contributed by atoms with Gasteiger partial charge in [0.2, 0.25) is 0 Å². The van der Waals surface area contributed by atoms with E-state index in [0.29, 0.717) is 5.75 Å². The van der Waals surface area contributed by atoms with Crippen LogP contribution in [0.1, 0.15) is 11.1 Å². The lowest BCUT2D eigenvalue weighted by Gasteiger charge is -2.08. The molecule has 0 saturated heterocycles. The number of aromatic hydroxyl groups is 1. The van der Waals surface area contributed by atoms with E-state index in [1.165, 1.54) is 16.5 Å². The summed E-state index contributed by atoms with van der Waals surface area (Å²) in [5.74, 6) is 0.681. The fourth-order valence-corrected chi connectivity index (χ4v) is 2.63. The Kier molecular flexibility index (Phi) is 4.30. The van der Waals surface area contributed by atoms with Crippen LogP contribution in [0.15, 0.2) is 48.7 Å². The predicted octanol–water partition coefficient (Wildman–Crippen LogP) is 3.21. The van der Waals surface area contributed by atoms with Crippen molar-refractivity contribution < 1.29 is 9.84 Å². The number of H-pyrrole nitrogens is 1. The number of methoxy groups -OCH3 is 1. The van der Waals surface area contributed by atoms with Crippen LogP contribution < -0.4 is 10.1 Å². The molecule has 0 radical (unpaired) electrons. The zero-order valence-electron chi connectivity index (χ0n) is 12.6. The quantitative estimate of drug-likeness (QED) is 0.612. The first-order chi connectivity index (χ1) is 10.8. The van der Waals surface area contributed by atoms with E-state index in [9.17, 15) is 5.11 Å². The molecule has 0 atom stereocenters. The lowest BCUT2D eigenvalue weighted by atomic mass is 10.1. The van der Waals surface area contributed by atoms with Crippen molar-refractivity contribution in [3.63, 3.8) is 0 Å². The highest BCUT2D eigenvalue weighted by Gasteiger charge is 2.04. The largest absolute Gasteiger partial charge is 0.504 e. The van der Waals surface area contributed by atoms with E-state index in [2.05, 4.69) is 34.7 Å². The number of phenolic OH excluding ortho intramolecular Hbond substituents is 1. The van der Waals surface area contributed by atoms with E-state index in [-0.39, 0.29) is 5.75 Å². The number of aromatic amines is 1. The third-order valence-corrected chi connectivity index (χ3v) is 3.82. The molecular weight excluding hydrogens is 276 g/mol. The molecule has 1 aromatic heterocycles. The van der Waals surface area contributed by atoms with Gasteiger partial charge in [0.25, 0.3) is 0 Å². The van der Waals surface area contributed by atoms with Gasteiger partial charge in [-0.25, -0.2) is 0 Å². The van der Waals surface area contributed by atoms with Gasteiger partial charge in [0.1, 0.15) is 0 Å². The summed E-state index contributed by atoms with van der Waals surface area (Å²) in [6.07, 6.45) is 3.05. The van der Waals surface area contributed by atoms with Crippen LogP contribution in [0.4, 0.5) is 0 Å². The van der Waals surface area contributed by atoms with Gasteiger partial charge in [0, 0.05) is 23.6 Å². The molecule has 0 unspecified atom stereocenters. The zero-order valence-corrected chi connectivity index (χ0v) is 12.6. The van der Waals surface area contributed by atoms with Crippen LogP contribution in [0.2, 0.25) is 0 Å². The minimum Gasteiger partial charge on any atom is -0.504 e. The Balaban J connectivity index is 1.55. The summed E-state index contributed by atoms with van der Waals surface area (Å²) in [5.41, 5.74) is 3.60. The minimum absolute atomic E-state index is 0.171. The molecule has 114 valence electrons. The highest BCUT2D eigenvalue weighted by atomic mass is 16.5. The summed E-state index contributed by atoms with van der Waals surface area (Å²) >= 11 is 0. The molecule has 4 nitrogen and oxygen atoms in total. The third kappa shape index (κ3) is 3.07. The van der Waals surface area contributed by atoms with Crippen molar-refractivity contribution >= 4 is 10.9 Å². The number of phenols is 1. The third-order valence-electron chi connectivity index (χ3n) is 3.82. The molecule has 0 aliphatic heterocycles. The van der Waals surface area contributed by atoms with Crippen molar-refractivity contribution in [1.29, 1.82) is 0 Å². The topological polar surface area (TPSA) is 57.3 Å². The number of ether oxygens (including phenoxy) is 1. The van der Waals surface area contributed by atoms with Gasteiger partial charge in [-0.2, -0.15) is 0 Å². The van der Waals surface area contributed by atoms with Crippen molar-refractivity contribution in [2.24, 2.45) is 0 Å². The Morgan fingerprint density at radius 1 is 1.18 bits per heavy atom. The summed E-state index contributed by atoms with van der Waals surface area (Å²) in [7, 11) is 1.56. The second-order valence-electron chi connectivity index (χ2n) is 5.29. The van der Waals surface area contributed by atoms with E-state index in [1.54, 1.807) is 13.2 Å². The Hall–Kier alpha value is -2.46. The maximum Gasteiger partial charge on any atom is 0.160 e. The molecular formula is C18H20N2O2. The molecule has 3 rings (SSSR count). The highest BCUT2D eigenvalue weighted by molar-refractivity contribution is 5.83. The second-order valence-corrected chi connectivity index (χ2v) is 5.29. The first-order valence-electron chi connectivity index (χ1n) is 7.39. The van der Waals surface area contributed by atoms with Crippen LogP contribution in [-0.2, 0) is 13.0 Å². The Bertz CT molecular complexity index is 765. The van der Waals surface area contributed by atoms with Gasteiger partial charge in [-0.15, -0.1) is 0 Å². The van der Waals surface area contributed by atoms with Crippen LogP contribution in [0.5, 0.6) is 11.5 Å². The van der Waals surface area contributed by atoms with Gasteiger partial charge in [-0.05, 0) is 42.3 Å². The van der Waals surface area contributed by atoms with E-state index >= 15 is 0 Å². The number of rotatable bonds is 6. The normalized spacial score (nSPS) is 11.0. The zero-order chi connectivity index (χ0) is 15.4. The van der Waals surface area contributed by atoms with Crippen molar-refractivity contribution in [3.05, 3.63) is 59.8 Å². The molecule has 0 amide bonds. The monoisotopic (exact) mass is 296 g/mol. The van der Waals surface area contributed by atoms with Gasteiger partial charge in [-0.1, -0.05) is 24.3 Å². The van der Waals surface area contributed by atoms with Gasteiger partial charge >= 0.3 is 0 Å². The molecule has 2 aromatic carbocycles. The van der Waals surface area contributed by atoms with Gasteiger partial charge in [0.15, 0.2) is 11.5 Å². The summed E-state index contributed by atoms with van der Waals surface area (Å²) in [6, 6.07) is 13.8. The van der Waals surface area contributed by atoms with E-state index in [1.807, 2.05) is 18.2 Å². The average Bonchev–Trinajstić information content (AvgIpc) is 2.96. The maximum absolute atomic E-state index is 9.58. The summed E-state index contributed by atoms with van der Waals surface area (Å²) in [6.45, 7) is 1.64. The van der Waals surface area contributed by atoms with Gasteiger partial charge in [0.05, 0.1) is 7.11 Å². The van der Waals surface area contributed by atoms with E-state index < -0.39 is 0 Å². The van der Waals surface area contributed by atoms with Crippen LogP contribution in [-0.4, -0.2) is 23.7 Å². The maximum atomic E-state index is 9.58. The second kappa shape index (κ2) is 6.54. The molecule has 0 aliphatic carbocycles. The SMILES string of the molecule is COc1cc(CNCCc2c[nH]c3ccccc23)ccc1O. The van der Waals surface area contributed by atoms with E-state index in [0.717, 1.165) is 25.1 Å². The molecule has 0 fully saturated rings. The molecule has 3 N–H and O–H groups in total. The number of nitrogens with one attached hydrogen (secondary N) is 2. The van der Waals surface area contributed by atoms with Crippen molar-refractivity contribution in [3.8, 4) is 11.5 Å². The smallest absolute Gasteiger partial charge is 0.160 e. The summed E-state index contributed by atoms with van der Waals surface area (Å²) in [5, 5.41) is 14.3. The lowest BCUT2D eigenvalue weighted by molar-refractivity contribution is 0.373. The Morgan fingerprint density at radius 3 is 2.91 bits per heavy atom. The van der Waals surface area contributed by atoms with Crippen LogP contribution in [0.25, 0.3) is 10.9 Å². The van der Waals surface area contributed by atoms with Crippen molar-refractivity contribution in [2.45, 2.75) is 13.0 Å². The number of hydrogen-bond acceptors (Lipinski definition) is 3. The van der Waals surface area contributed by atoms with Crippen LogP contribution >= 0.6 is 0 Å². The first-order valence-corrected chi connectivity index (χ1v) is 7.39. The van der Waals surface area contributed by atoms with Crippen LogP contribution in [0.3, 0.4) is 0 Å². The first kappa shape index (κ1) is 14.5. The molecule has 0 saturated carbocycles. The predicted molar refractivity (Wildman–Crippen MR) is 88.4 cm³/mol. The fraction of sp³-hybridized carbons (Fsp3) is 0.222. The molecule has 3 aromatic rings. The highest BCUT2D eigenvalue weighted by Crippen LogP contribution is 2.26. The Morgan fingerprint density at radius 2 is 2.05 bits per heavy atom. The van der Waals surface area contributed by atoms with E-state index in [4.69, 9.17) is 4.74 Å². The molecule has 1 heterocycles. The fourth-order valence-electron chi connectivity index (χ4n) is 2.63. The molecule has 4 heteroatoms. The number of para-hydroxylation sites is 1. The lowest BCUT2D eigenvalue weighted by Crippen LogP contribution is -2.16. The van der Waals surface area contributed by atoms with Gasteiger partial charge < -0.3 is 20.1 Å². The molecule has 0 bridgehead atoms. The van der Waals surface area contributed by atoms with Crippen molar-refractivity contribution in [1.82, 2.24) is 10.3 Å². The molecule has 0 spiro atoms. The molecule has 22 heavy (non-hydrogen) atoms. The number of fused-ring (bicyclic) bond motifs is 1. The van der Waals surface area contributed by atoms with Crippen molar-refractivity contribution in [2.75, 3.05) is 13.7 Å². The average molecular weight is 296 g/mol. The molecule has 0 aliphatic rings. The number of benzene rings is 2. The van der Waals surface area contributed by atoms with Gasteiger partial charge in [-0.3, -0.25) is 0 Å². The number of hydrogen-bond donors (Lipinski definition) is 3. The van der Waals surface area contributed by atoms with Crippen LogP contribution in [0, 0.1) is 0 Å². The minimum atomic E-state index is 0.171. The number of aromatic nitrogens is 1. The Labute approximate surface area is 129 Å². The summed E-state index contributed by atoms with van der Waals surface area (Å²) in [4.78, 5) is 3.30. The standard InChI is InChI=1S/C18H20N2O2/c1-22-18-10-13(6-7-17(18)21)11-19-9-8-14-12-20-16-5-3-2-4-15(14)16/h2-7,10,12,19-21H,8-9,11H2,1H3. The summed E-state index contributed by atoms with van der Waals surface area (Å²) < 4.78 is 5.12.